The van der Waals surface area contributed by atoms with Gasteiger partial charge in [0.05, 0.1) is 27.5 Å². The molecule has 0 atom stereocenters. The van der Waals surface area contributed by atoms with E-state index in [9.17, 15) is 26.4 Å². The Hall–Kier alpha value is -2.83. The van der Waals surface area contributed by atoms with Crippen molar-refractivity contribution >= 4 is 38.9 Å². The van der Waals surface area contributed by atoms with Crippen molar-refractivity contribution in [3.8, 4) is 11.3 Å². The van der Waals surface area contributed by atoms with E-state index >= 15 is 0 Å². The summed E-state index contributed by atoms with van der Waals surface area (Å²) in [6, 6.07) is 5.74. The van der Waals surface area contributed by atoms with Gasteiger partial charge in [-0.25, -0.2) is 22.9 Å². The van der Waals surface area contributed by atoms with Gasteiger partial charge in [-0.1, -0.05) is 17.7 Å². The second kappa shape index (κ2) is 9.32. The van der Waals surface area contributed by atoms with Gasteiger partial charge in [0.15, 0.2) is 5.65 Å². The van der Waals surface area contributed by atoms with Crippen molar-refractivity contribution in [2.24, 2.45) is 0 Å². The number of rotatable bonds is 5. The van der Waals surface area contributed by atoms with E-state index in [1.807, 2.05) is 6.92 Å². The number of ether oxygens (including phenoxy) is 1. The molecule has 1 aliphatic carbocycles. The highest BCUT2D eigenvalue weighted by Crippen LogP contribution is 2.31. The van der Waals surface area contributed by atoms with Gasteiger partial charge in [-0.2, -0.15) is 13.2 Å². The zero-order chi connectivity index (χ0) is 25.5. The first kappa shape index (κ1) is 25.3. The zero-order valence-electron chi connectivity index (χ0n) is 18.5. The van der Waals surface area contributed by atoms with Crippen LogP contribution in [-0.4, -0.2) is 42.1 Å². The van der Waals surface area contributed by atoms with Gasteiger partial charge in [0, 0.05) is 17.8 Å². The number of alkyl halides is 3. The van der Waals surface area contributed by atoms with Crippen LogP contribution in [0, 0.1) is 6.92 Å². The fourth-order valence-corrected chi connectivity index (χ4v) is 5.67. The number of halogens is 4. The molecule has 0 aliphatic heterocycles. The number of nitrogens with one attached hydrogen (secondary N) is 1. The molecule has 4 rings (SSSR count). The van der Waals surface area contributed by atoms with E-state index in [1.165, 1.54) is 12.1 Å². The summed E-state index contributed by atoms with van der Waals surface area (Å²) in [7, 11) is -3.94. The number of nitrogens with zero attached hydrogens (tertiary/aromatic N) is 2. The third kappa shape index (κ3) is 5.39. The number of carbonyl (C=O) groups is 1. The summed E-state index contributed by atoms with van der Waals surface area (Å²) in [5.41, 5.74) is 8.88. The summed E-state index contributed by atoms with van der Waals surface area (Å²) in [6.07, 6.45) is -2.02. The number of carbonyl (C=O) groups excluding carboxylic acids is 1. The molecule has 35 heavy (non-hydrogen) atoms. The Morgan fingerprint density at radius 3 is 2.57 bits per heavy atom. The van der Waals surface area contributed by atoms with E-state index in [-0.39, 0.29) is 30.6 Å². The summed E-state index contributed by atoms with van der Waals surface area (Å²) in [4.78, 5) is 15.4. The lowest BCUT2D eigenvalue weighted by atomic mass is 9.94. The first-order valence-electron chi connectivity index (χ1n) is 10.7. The largest absolute Gasteiger partial charge is 0.490 e. The van der Waals surface area contributed by atoms with E-state index in [0.29, 0.717) is 27.6 Å². The Kier molecular flexibility index (Phi) is 6.73. The Labute approximate surface area is 204 Å². The van der Waals surface area contributed by atoms with Crippen molar-refractivity contribution in [3.05, 3.63) is 47.2 Å². The molecule has 0 unspecified atom stereocenters. The molecule has 0 spiro atoms. The van der Waals surface area contributed by atoms with E-state index < -0.39 is 34.3 Å². The number of imidazole rings is 1. The van der Waals surface area contributed by atoms with Crippen molar-refractivity contribution in [2.75, 3.05) is 5.73 Å². The summed E-state index contributed by atoms with van der Waals surface area (Å²) >= 11 is 6.13. The number of anilines is 1. The van der Waals surface area contributed by atoms with Gasteiger partial charge in [-0.15, -0.1) is 0 Å². The van der Waals surface area contributed by atoms with Gasteiger partial charge in [0.1, 0.15) is 6.10 Å². The highest BCUT2D eigenvalue weighted by atomic mass is 35.5. The maximum atomic E-state index is 13.1. The maximum absolute atomic E-state index is 13.1. The van der Waals surface area contributed by atoms with Gasteiger partial charge in [0.25, 0.3) is 0 Å². The third-order valence-electron chi connectivity index (χ3n) is 5.90. The van der Waals surface area contributed by atoms with E-state index in [1.54, 1.807) is 28.9 Å². The second-order valence-electron chi connectivity index (χ2n) is 8.43. The van der Waals surface area contributed by atoms with Crippen LogP contribution in [0.25, 0.3) is 16.9 Å². The Bertz CT molecular complexity index is 1380. The molecule has 1 aliphatic rings. The number of esters is 1. The average Bonchev–Trinajstić information content (AvgIpc) is 3.18. The van der Waals surface area contributed by atoms with Crippen molar-refractivity contribution in [2.45, 2.75) is 55.8 Å². The Morgan fingerprint density at radius 1 is 1.23 bits per heavy atom. The highest BCUT2D eigenvalue weighted by molar-refractivity contribution is 7.89. The fraction of sp³-hybridized carbons (Fsp3) is 0.364. The van der Waals surface area contributed by atoms with E-state index in [0.717, 1.165) is 5.56 Å². The number of nitrogen functional groups attached to an aromatic ring is 1. The number of benzene rings is 1. The number of fused-ring (bicyclic) bond motifs is 1. The van der Waals surface area contributed by atoms with Crippen LogP contribution >= 0.6 is 11.6 Å². The van der Waals surface area contributed by atoms with Gasteiger partial charge in [-0.05, 0) is 56.4 Å². The number of aryl methyl sites for hydroxylation is 1. The number of aromatic nitrogens is 2. The highest BCUT2D eigenvalue weighted by Gasteiger charge is 2.42. The maximum Gasteiger partial charge on any atom is 0.490 e. The van der Waals surface area contributed by atoms with Crippen LogP contribution in [0.5, 0.6) is 0 Å². The standard InChI is InChI=1S/C22H22ClF3N4O4S/c1-12-2-7-16(9-17(12)19-10-28-20-18(27)8-13(23)11-30(19)20)35(32,33)29-14-3-5-15(6-4-14)34-21(31)22(24,25)26/h2,7-11,14-15,29H,3-6,27H2,1H3/t14-,15-. The minimum atomic E-state index is -5.06. The van der Waals surface area contributed by atoms with Crippen LogP contribution in [0.4, 0.5) is 18.9 Å². The van der Waals surface area contributed by atoms with Crippen LogP contribution in [0.3, 0.4) is 0 Å². The molecular weight excluding hydrogens is 509 g/mol. The van der Waals surface area contributed by atoms with Crippen molar-refractivity contribution < 1.29 is 31.1 Å². The molecule has 8 nitrogen and oxygen atoms in total. The molecule has 2 aromatic heterocycles. The molecule has 1 fully saturated rings. The first-order chi connectivity index (χ1) is 16.3. The lowest BCUT2D eigenvalue weighted by molar-refractivity contribution is -0.206. The molecule has 0 amide bonds. The molecule has 188 valence electrons. The smallest absolute Gasteiger partial charge is 0.456 e. The van der Waals surface area contributed by atoms with Crippen LogP contribution in [0.2, 0.25) is 5.02 Å². The van der Waals surface area contributed by atoms with Gasteiger partial charge >= 0.3 is 12.1 Å². The van der Waals surface area contributed by atoms with Gasteiger partial charge in [0.2, 0.25) is 10.0 Å². The molecule has 3 aromatic rings. The predicted octanol–water partition coefficient (Wildman–Crippen LogP) is 4.24. The van der Waals surface area contributed by atoms with Crippen molar-refractivity contribution in [1.29, 1.82) is 0 Å². The molecule has 0 bridgehead atoms. The molecular formula is C22H22ClF3N4O4S. The minimum absolute atomic E-state index is 0.0219. The SMILES string of the molecule is Cc1ccc(S(=O)(=O)N[C@H]2CC[C@H](OC(=O)C(F)(F)F)CC2)cc1-c1cnc2c(N)cc(Cl)cn12. The van der Waals surface area contributed by atoms with Crippen LogP contribution < -0.4 is 10.5 Å². The van der Waals surface area contributed by atoms with Crippen molar-refractivity contribution in [3.63, 3.8) is 0 Å². The van der Waals surface area contributed by atoms with E-state index in [2.05, 4.69) is 14.4 Å². The molecule has 0 radical (unpaired) electrons. The normalized spacial score (nSPS) is 19.1. The van der Waals surface area contributed by atoms with Gasteiger partial charge < -0.3 is 10.5 Å². The number of sulfonamides is 1. The fourth-order valence-electron chi connectivity index (χ4n) is 4.13. The average molecular weight is 531 g/mol. The van der Waals surface area contributed by atoms with Crippen LogP contribution in [0.1, 0.15) is 31.2 Å². The van der Waals surface area contributed by atoms with Gasteiger partial charge in [-0.3, -0.25) is 4.40 Å². The molecule has 1 aromatic carbocycles. The number of pyridine rings is 1. The molecule has 2 heterocycles. The lowest BCUT2D eigenvalue weighted by Crippen LogP contribution is -2.40. The zero-order valence-corrected chi connectivity index (χ0v) is 20.0. The monoisotopic (exact) mass is 530 g/mol. The molecule has 0 saturated heterocycles. The summed E-state index contributed by atoms with van der Waals surface area (Å²) in [6.45, 7) is 1.83. The first-order valence-corrected chi connectivity index (χ1v) is 12.5. The quantitative estimate of drug-likeness (QED) is 0.477. The Balaban J connectivity index is 1.52. The summed E-state index contributed by atoms with van der Waals surface area (Å²) in [5, 5.41) is 0.397. The van der Waals surface area contributed by atoms with Crippen molar-refractivity contribution in [1.82, 2.24) is 14.1 Å². The lowest BCUT2D eigenvalue weighted by Gasteiger charge is -2.29. The molecule has 3 N–H and O–H groups in total. The number of nitrogens with two attached hydrogens (primary N) is 1. The van der Waals surface area contributed by atoms with E-state index in [4.69, 9.17) is 17.3 Å². The minimum Gasteiger partial charge on any atom is -0.456 e. The predicted molar refractivity (Wildman–Crippen MR) is 123 cm³/mol. The van der Waals surface area contributed by atoms with Crippen LogP contribution in [0.15, 0.2) is 41.6 Å². The second-order valence-corrected chi connectivity index (χ2v) is 10.6. The third-order valence-corrected chi connectivity index (χ3v) is 7.62. The topological polar surface area (TPSA) is 116 Å². The summed E-state index contributed by atoms with van der Waals surface area (Å²) in [5.74, 6) is -2.23. The number of hydrogen-bond donors (Lipinski definition) is 2. The molecule has 1 saturated carbocycles. The number of hydrogen-bond acceptors (Lipinski definition) is 6. The molecule has 13 heteroatoms. The Morgan fingerprint density at radius 2 is 1.91 bits per heavy atom. The summed E-state index contributed by atoms with van der Waals surface area (Å²) < 4.78 is 72.1. The van der Waals surface area contributed by atoms with Crippen LogP contribution in [-0.2, 0) is 19.6 Å².